The van der Waals surface area contributed by atoms with Gasteiger partial charge in [0.05, 0.1) is 6.61 Å². The third kappa shape index (κ3) is 10.7. The normalized spacial score (nSPS) is 16.2. The Kier molecular flexibility index (Phi) is 8.82. The van der Waals surface area contributed by atoms with E-state index in [1.807, 2.05) is 0 Å². The molecular weight excluding hydrogens is 269 g/mol. The second-order valence-corrected chi connectivity index (χ2v) is 5.98. The van der Waals surface area contributed by atoms with Crippen LogP contribution < -0.4 is 5.48 Å². The summed E-state index contributed by atoms with van der Waals surface area (Å²) in [6.45, 7) is -0.282. The Labute approximate surface area is 106 Å². The van der Waals surface area contributed by atoms with Crippen LogP contribution in [0.15, 0.2) is 0 Å². The van der Waals surface area contributed by atoms with Crippen molar-refractivity contribution in [3.63, 3.8) is 0 Å². The maximum Gasteiger partial charge on any atom is 0.476 e. The Balaban J connectivity index is 3.61. The summed E-state index contributed by atoms with van der Waals surface area (Å²) < 4.78 is 14.7. The minimum atomic E-state index is -4.30. The molecule has 2 atom stereocenters. The molecule has 8 heteroatoms. The third-order valence-electron chi connectivity index (χ3n) is 1.92. The van der Waals surface area contributed by atoms with E-state index < -0.39 is 19.0 Å². The van der Waals surface area contributed by atoms with Crippen molar-refractivity contribution in [3.05, 3.63) is 0 Å². The lowest BCUT2D eigenvalue weighted by atomic mass is 10.2. The van der Waals surface area contributed by atoms with Crippen LogP contribution >= 0.6 is 18.2 Å². The number of hydrogen-bond acceptors (Lipinski definition) is 5. The third-order valence-corrected chi connectivity index (χ3v) is 2.53. The molecule has 0 radical (unpaired) electrons. The zero-order chi connectivity index (χ0) is 13.3. The SMILES string of the molecule is CCCCCCONC(C)C(=O)OP(=O)(O)Cl. The first-order valence-electron chi connectivity index (χ1n) is 5.50. The lowest BCUT2D eigenvalue weighted by Gasteiger charge is -2.13. The van der Waals surface area contributed by atoms with Gasteiger partial charge in [-0.15, -0.1) is 0 Å². The predicted octanol–water partition coefficient (Wildman–Crippen LogP) is 2.36. The number of carbonyl (C=O) groups is 1. The second-order valence-electron chi connectivity index (χ2n) is 3.61. The number of unbranched alkanes of at least 4 members (excludes halogenated alkanes) is 3. The summed E-state index contributed by atoms with van der Waals surface area (Å²) in [7, 11) is 0. The van der Waals surface area contributed by atoms with Gasteiger partial charge in [0.15, 0.2) is 0 Å². The lowest BCUT2D eigenvalue weighted by Crippen LogP contribution is -2.35. The highest BCUT2D eigenvalue weighted by molar-refractivity contribution is 7.80. The second kappa shape index (κ2) is 8.89. The maximum atomic E-state index is 11.1. The zero-order valence-corrected chi connectivity index (χ0v) is 11.7. The van der Waals surface area contributed by atoms with E-state index in [1.165, 1.54) is 6.92 Å². The minimum Gasteiger partial charge on any atom is -0.379 e. The summed E-state index contributed by atoms with van der Waals surface area (Å²) in [5, 5.41) is 0. The molecule has 0 aromatic carbocycles. The van der Waals surface area contributed by atoms with Crippen molar-refractivity contribution in [1.29, 1.82) is 0 Å². The Hall–Kier alpha value is -0.130. The molecular formula is C9H19ClNO5P. The maximum absolute atomic E-state index is 11.1. The molecule has 0 spiro atoms. The molecule has 0 aliphatic carbocycles. The highest BCUT2D eigenvalue weighted by Gasteiger charge is 2.24. The first-order valence-corrected chi connectivity index (χ1v) is 7.98. The topological polar surface area (TPSA) is 84.9 Å². The smallest absolute Gasteiger partial charge is 0.379 e. The molecule has 0 bridgehead atoms. The lowest BCUT2D eigenvalue weighted by molar-refractivity contribution is -0.140. The van der Waals surface area contributed by atoms with Crippen LogP contribution in [0.1, 0.15) is 39.5 Å². The molecule has 6 nitrogen and oxygen atoms in total. The molecule has 0 fully saturated rings. The van der Waals surface area contributed by atoms with Crippen molar-refractivity contribution in [1.82, 2.24) is 5.48 Å². The Morgan fingerprint density at radius 1 is 1.47 bits per heavy atom. The summed E-state index contributed by atoms with van der Waals surface area (Å²) in [5.74, 6) is -0.931. The van der Waals surface area contributed by atoms with Gasteiger partial charge in [0.25, 0.3) is 0 Å². The van der Waals surface area contributed by atoms with E-state index in [2.05, 4.69) is 16.9 Å². The van der Waals surface area contributed by atoms with Gasteiger partial charge in [-0.1, -0.05) is 26.2 Å². The van der Waals surface area contributed by atoms with Crippen LogP contribution in [0.5, 0.6) is 0 Å². The standard InChI is InChI=1S/C9H19ClNO5P/c1-3-4-5-6-7-15-11-8(2)9(12)16-17(10,13)14/h8,11H,3-7H2,1-2H3,(H,13,14). The highest BCUT2D eigenvalue weighted by atomic mass is 35.7. The molecule has 0 aliphatic rings. The number of halogens is 1. The van der Waals surface area contributed by atoms with E-state index >= 15 is 0 Å². The van der Waals surface area contributed by atoms with E-state index in [4.69, 9.17) is 21.0 Å². The fraction of sp³-hybridized carbons (Fsp3) is 0.889. The molecule has 0 rings (SSSR count). The Bertz CT molecular complexity index is 270. The Morgan fingerprint density at radius 2 is 2.12 bits per heavy atom. The average molecular weight is 288 g/mol. The Morgan fingerprint density at radius 3 is 2.65 bits per heavy atom. The van der Waals surface area contributed by atoms with E-state index in [-0.39, 0.29) is 0 Å². The summed E-state index contributed by atoms with van der Waals surface area (Å²) in [5.41, 5.74) is 2.42. The van der Waals surface area contributed by atoms with Crippen molar-refractivity contribution >= 4 is 24.2 Å². The predicted molar refractivity (Wildman–Crippen MR) is 64.5 cm³/mol. The summed E-state index contributed by atoms with van der Waals surface area (Å²) >= 11 is 4.89. The summed E-state index contributed by atoms with van der Waals surface area (Å²) in [6, 6.07) is -0.847. The van der Waals surface area contributed by atoms with Gasteiger partial charge in [0.1, 0.15) is 6.04 Å². The van der Waals surface area contributed by atoms with Crippen LogP contribution in [0.2, 0.25) is 0 Å². The van der Waals surface area contributed by atoms with Crippen molar-refractivity contribution in [2.75, 3.05) is 6.61 Å². The zero-order valence-electron chi connectivity index (χ0n) is 10.0. The molecule has 0 aliphatic heterocycles. The van der Waals surface area contributed by atoms with Crippen LogP contribution in [-0.4, -0.2) is 23.5 Å². The quantitative estimate of drug-likeness (QED) is 0.385. The van der Waals surface area contributed by atoms with Crippen LogP contribution in [0, 0.1) is 0 Å². The monoisotopic (exact) mass is 287 g/mol. The van der Waals surface area contributed by atoms with E-state index in [0.717, 1.165) is 25.7 Å². The molecule has 0 aromatic heterocycles. The van der Waals surface area contributed by atoms with Gasteiger partial charge in [0, 0.05) is 11.2 Å². The molecule has 0 heterocycles. The van der Waals surface area contributed by atoms with Crippen molar-refractivity contribution in [2.24, 2.45) is 0 Å². The number of carbonyl (C=O) groups excluding carboxylic acids is 1. The fourth-order valence-corrected chi connectivity index (χ4v) is 1.61. The van der Waals surface area contributed by atoms with Crippen molar-refractivity contribution in [3.8, 4) is 0 Å². The van der Waals surface area contributed by atoms with Crippen molar-refractivity contribution < 1.29 is 23.6 Å². The van der Waals surface area contributed by atoms with Gasteiger partial charge in [0.2, 0.25) is 0 Å². The molecule has 0 aromatic rings. The van der Waals surface area contributed by atoms with Gasteiger partial charge >= 0.3 is 12.9 Å². The molecule has 2 N–H and O–H groups in total. The largest absolute Gasteiger partial charge is 0.476 e. The molecule has 17 heavy (non-hydrogen) atoms. The van der Waals surface area contributed by atoms with Crippen LogP contribution in [0.3, 0.4) is 0 Å². The molecule has 102 valence electrons. The van der Waals surface area contributed by atoms with Crippen molar-refractivity contribution in [2.45, 2.75) is 45.6 Å². The summed E-state index contributed by atoms with van der Waals surface area (Å²) in [4.78, 5) is 24.8. The van der Waals surface area contributed by atoms with Crippen LogP contribution in [0.25, 0.3) is 0 Å². The highest BCUT2D eigenvalue weighted by Crippen LogP contribution is 2.47. The average Bonchev–Trinajstić information content (AvgIpc) is 2.20. The van der Waals surface area contributed by atoms with E-state index in [0.29, 0.717) is 6.61 Å². The molecule has 0 saturated carbocycles. The number of rotatable bonds is 9. The van der Waals surface area contributed by atoms with Crippen LogP contribution in [0.4, 0.5) is 0 Å². The van der Waals surface area contributed by atoms with E-state index in [1.54, 1.807) is 0 Å². The van der Waals surface area contributed by atoms with E-state index in [9.17, 15) is 9.36 Å². The fourth-order valence-electron chi connectivity index (χ4n) is 1.02. The molecule has 0 saturated heterocycles. The first-order chi connectivity index (χ1) is 7.87. The first kappa shape index (κ1) is 16.9. The number of hydrogen-bond donors (Lipinski definition) is 2. The van der Waals surface area contributed by atoms with Gasteiger partial charge < -0.3 is 14.3 Å². The van der Waals surface area contributed by atoms with Crippen LogP contribution in [-0.2, 0) is 18.7 Å². The molecule has 2 unspecified atom stereocenters. The van der Waals surface area contributed by atoms with Gasteiger partial charge in [-0.25, -0.2) is 9.36 Å². The van der Waals surface area contributed by atoms with Gasteiger partial charge in [-0.2, -0.15) is 5.48 Å². The number of hydroxylamine groups is 1. The van der Waals surface area contributed by atoms with Gasteiger partial charge in [-0.05, 0) is 13.3 Å². The number of nitrogens with one attached hydrogen (secondary N) is 1. The van der Waals surface area contributed by atoms with Gasteiger partial charge in [-0.3, -0.25) is 0 Å². The summed E-state index contributed by atoms with van der Waals surface area (Å²) in [6.07, 6.45) is 4.22. The minimum absolute atomic E-state index is 0.468. The molecule has 0 amide bonds.